The van der Waals surface area contributed by atoms with Gasteiger partial charge in [0, 0.05) is 23.9 Å². The molecule has 2 aromatic rings. The van der Waals surface area contributed by atoms with Crippen LogP contribution in [0.25, 0.3) is 11.4 Å². The van der Waals surface area contributed by atoms with Gasteiger partial charge in [0.2, 0.25) is 0 Å². The van der Waals surface area contributed by atoms with E-state index in [-0.39, 0.29) is 0 Å². The molecule has 0 N–H and O–H groups in total. The third-order valence-electron chi connectivity index (χ3n) is 3.19. The number of aromatic nitrogens is 2. The van der Waals surface area contributed by atoms with E-state index in [1.807, 2.05) is 31.2 Å². The van der Waals surface area contributed by atoms with Gasteiger partial charge in [0.15, 0.2) is 5.82 Å². The smallest absolute Gasteiger partial charge is 0.161 e. The summed E-state index contributed by atoms with van der Waals surface area (Å²) < 4.78 is 5.10. The first-order valence-corrected chi connectivity index (χ1v) is 7.03. The molecule has 2 rings (SSSR count). The molecule has 4 heteroatoms. The molecule has 0 unspecified atom stereocenters. The third-order valence-corrected chi connectivity index (χ3v) is 3.48. The van der Waals surface area contributed by atoms with Crippen molar-refractivity contribution in [3.05, 3.63) is 46.2 Å². The van der Waals surface area contributed by atoms with Gasteiger partial charge in [-0.3, -0.25) is 0 Å². The molecule has 0 aliphatic rings. The summed E-state index contributed by atoms with van der Waals surface area (Å²) in [4.78, 5) is 9.00. The van der Waals surface area contributed by atoms with Gasteiger partial charge in [-0.15, -0.1) is 0 Å². The van der Waals surface area contributed by atoms with Crippen LogP contribution in [0.1, 0.15) is 36.6 Å². The highest BCUT2D eigenvalue weighted by Gasteiger charge is 2.14. The SMILES string of the molecule is COCc1ccc(-c2nc(C)c(C(C)C)c(Cl)n2)cc1. The largest absolute Gasteiger partial charge is 0.380 e. The average molecular weight is 291 g/mol. The molecule has 0 aliphatic carbocycles. The molecule has 1 aromatic carbocycles. The molecular weight excluding hydrogens is 272 g/mol. The molecule has 0 aliphatic heterocycles. The summed E-state index contributed by atoms with van der Waals surface area (Å²) >= 11 is 6.29. The lowest BCUT2D eigenvalue weighted by atomic mass is 10.0. The Labute approximate surface area is 125 Å². The Morgan fingerprint density at radius 2 is 1.80 bits per heavy atom. The van der Waals surface area contributed by atoms with Gasteiger partial charge in [0.1, 0.15) is 5.15 Å². The Bertz CT molecular complexity index is 571. The zero-order valence-electron chi connectivity index (χ0n) is 12.3. The summed E-state index contributed by atoms with van der Waals surface area (Å²) in [6.45, 7) is 6.77. The van der Waals surface area contributed by atoms with Crippen molar-refractivity contribution in [1.82, 2.24) is 9.97 Å². The summed E-state index contributed by atoms with van der Waals surface area (Å²) in [5.74, 6) is 0.987. The van der Waals surface area contributed by atoms with Crippen LogP contribution in [0.15, 0.2) is 24.3 Å². The summed E-state index contributed by atoms with van der Waals surface area (Å²) in [6.07, 6.45) is 0. The van der Waals surface area contributed by atoms with Crippen molar-refractivity contribution >= 4 is 11.6 Å². The molecule has 0 radical (unpaired) electrons. The molecule has 0 spiro atoms. The van der Waals surface area contributed by atoms with E-state index >= 15 is 0 Å². The number of methoxy groups -OCH3 is 1. The van der Waals surface area contributed by atoms with Crippen molar-refractivity contribution in [2.45, 2.75) is 33.3 Å². The van der Waals surface area contributed by atoms with Gasteiger partial charge >= 0.3 is 0 Å². The van der Waals surface area contributed by atoms with E-state index in [4.69, 9.17) is 16.3 Å². The van der Waals surface area contributed by atoms with Crippen LogP contribution in [0.5, 0.6) is 0 Å². The Morgan fingerprint density at radius 3 is 2.30 bits per heavy atom. The number of rotatable bonds is 4. The molecule has 3 nitrogen and oxygen atoms in total. The first kappa shape index (κ1) is 14.9. The van der Waals surface area contributed by atoms with Crippen molar-refractivity contribution in [1.29, 1.82) is 0 Å². The Balaban J connectivity index is 2.38. The van der Waals surface area contributed by atoms with E-state index in [0.717, 1.165) is 22.4 Å². The van der Waals surface area contributed by atoms with Crippen LogP contribution in [0.2, 0.25) is 5.15 Å². The first-order valence-electron chi connectivity index (χ1n) is 6.65. The number of hydrogen-bond acceptors (Lipinski definition) is 3. The van der Waals surface area contributed by atoms with E-state index in [9.17, 15) is 0 Å². The van der Waals surface area contributed by atoms with Gasteiger partial charge in [-0.2, -0.15) is 0 Å². The van der Waals surface area contributed by atoms with Crippen LogP contribution < -0.4 is 0 Å². The highest BCUT2D eigenvalue weighted by atomic mass is 35.5. The molecule has 0 fully saturated rings. The zero-order chi connectivity index (χ0) is 14.7. The van der Waals surface area contributed by atoms with Gasteiger partial charge in [0.05, 0.1) is 6.61 Å². The molecule has 0 bridgehead atoms. The van der Waals surface area contributed by atoms with Gasteiger partial charge < -0.3 is 4.74 Å². The van der Waals surface area contributed by atoms with Gasteiger partial charge in [0.25, 0.3) is 0 Å². The van der Waals surface area contributed by atoms with E-state index < -0.39 is 0 Å². The van der Waals surface area contributed by atoms with Crippen molar-refractivity contribution < 1.29 is 4.74 Å². The second-order valence-corrected chi connectivity index (χ2v) is 5.48. The van der Waals surface area contributed by atoms with E-state index in [2.05, 4.69) is 23.8 Å². The number of aryl methyl sites for hydroxylation is 1. The van der Waals surface area contributed by atoms with Gasteiger partial charge in [-0.25, -0.2) is 9.97 Å². The normalized spacial score (nSPS) is 11.1. The molecule has 0 saturated heterocycles. The van der Waals surface area contributed by atoms with Crippen molar-refractivity contribution in [3.8, 4) is 11.4 Å². The number of nitrogens with zero attached hydrogens (tertiary/aromatic N) is 2. The van der Waals surface area contributed by atoms with Crippen molar-refractivity contribution in [2.75, 3.05) is 7.11 Å². The lowest BCUT2D eigenvalue weighted by Crippen LogP contribution is -2.02. The van der Waals surface area contributed by atoms with Crippen LogP contribution >= 0.6 is 11.6 Å². The molecule has 1 aromatic heterocycles. The van der Waals surface area contributed by atoms with Crippen LogP contribution in [0.4, 0.5) is 0 Å². The zero-order valence-corrected chi connectivity index (χ0v) is 13.0. The molecule has 0 atom stereocenters. The third kappa shape index (κ3) is 3.17. The Hall–Kier alpha value is -1.45. The first-order chi connectivity index (χ1) is 9.52. The fourth-order valence-corrected chi connectivity index (χ4v) is 2.68. The minimum atomic E-state index is 0.320. The highest BCUT2D eigenvalue weighted by molar-refractivity contribution is 6.30. The summed E-state index contributed by atoms with van der Waals surface area (Å²) in [5.41, 5.74) is 4.05. The Kier molecular flexibility index (Phi) is 4.73. The molecule has 20 heavy (non-hydrogen) atoms. The number of benzene rings is 1. The average Bonchev–Trinajstić information content (AvgIpc) is 2.38. The topological polar surface area (TPSA) is 35.0 Å². The van der Waals surface area contributed by atoms with Gasteiger partial charge in [-0.1, -0.05) is 49.7 Å². The molecule has 106 valence electrons. The fourth-order valence-electron chi connectivity index (χ4n) is 2.25. The number of ether oxygens (including phenoxy) is 1. The number of halogens is 1. The maximum Gasteiger partial charge on any atom is 0.161 e. The van der Waals surface area contributed by atoms with Crippen LogP contribution in [-0.2, 0) is 11.3 Å². The predicted molar refractivity (Wildman–Crippen MR) is 82.0 cm³/mol. The van der Waals surface area contributed by atoms with Gasteiger partial charge in [-0.05, 0) is 18.4 Å². The predicted octanol–water partition coefficient (Wildman–Crippen LogP) is 4.38. The Morgan fingerprint density at radius 1 is 1.15 bits per heavy atom. The van der Waals surface area contributed by atoms with Crippen LogP contribution in [0, 0.1) is 6.92 Å². The monoisotopic (exact) mass is 290 g/mol. The molecule has 1 heterocycles. The van der Waals surface area contributed by atoms with Crippen LogP contribution in [0.3, 0.4) is 0 Å². The maximum absolute atomic E-state index is 6.29. The fraction of sp³-hybridized carbons (Fsp3) is 0.375. The van der Waals surface area contributed by atoms with Crippen LogP contribution in [-0.4, -0.2) is 17.1 Å². The number of hydrogen-bond donors (Lipinski definition) is 0. The molecule has 0 saturated carbocycles. The highest BCUT2D eigenvalue weighted by Crippen LogP contribution is 2.27. The second kappa shape index (κ2) is 6.33. The van der Waals surface area contributed by atoms with Crippen molar-refractivity contribution in [3.63, 3.8) is 0 Å². The van der Waals surface area contributed by atoms with E-state index in [1.54, 1.807) is 7.11 Å². The lowest BCUT2D eigenvalue weighted by Gasteiger charge is -2.12. The minimum absolute atomic E-state index is 0.320. The maximum atomic E-state index is 6.29. The summed E-state index contributed by atoms with van der Waals surface area (Å²) in [7, 11) is 1.69. The lowest BCUT2D eigenvalue weighted by molar-refractivity contribution is 0.185. The van der Waals surface area contributed by atoms with E-state index in [1.165, 1.54) is 0 Å². The standard InChI is InChI=1S/C16H19ClN2O/c1-10(2)14-11(3)18-16(19-15(14)17)13-7-5-12(6-8-13)9-20-4/h5-8,10H,9H2,1-4H3. The second-order valence-electron chi connectivity index (χ2n) is 5.12. The van der Waals surface area contributed by atoms with E-state index in [0.29, 0.717) is 23.5 Å². The summed E-state index contributed by atoms with van der Waals surface area (Å²) in [6, 6.07) is 8.02. The molecular formula is C16H19ClN2O. The minimum Gasteiger partial charge on any atom is -0.380 e. The summed E-state index contributed by atoms with van der Waals surface area (Å²) in [5, 5.41) is 0.545. The quantitative estimate of drug-likeness (QED) is 0.784. The van der Waals surface area contributed by atoms with Crippen molar-refractivity contribution in [2.24, 2.45) is 0 Å². The molecule has 0 amide bonds.